The van der Waals surface area contributed by atoms with Crippen molar-refractivity contribution in [1.29, 1.82) is 0 Å². The van der Waals surface area contributed by atoms with Crippen LogP contribution in [-0.2, 0) is 6.54 Å². The van der Waals surface area contributed by atoms with Crippen LogP contribution in [0.1, 0.15) is 10.4 Å². The van der Waals surface area contributed by atoms with E-state index in [2.05, 4.69) is 26.3 Å². The van der Waals surface area contributed by atoms with E-state index in [4.69, 9.17) is 11.6 Å². The van der Waals surface area contributed by atoms with Crippen LogP contribution in [-0.4, -0.2) is 22.2 Å². The molecule has 0 atom stereocenters. The lowest BCUT2D eigenvalue weighted by atomic mass is 10.1. The van der Waals surface area contributed by atoms with Crippen LogP contribution in [0.4, 0.5) is 0 Å². The highest BCUT2D eigenvalue weighted by Gasteiger charge is 2.07. The maximum atomic E-state index is 12.1. The number of nitrogens with one attached hydrogen (secondary N) is 1. The minimum absolute atomic E-state index is 0.195. The first-order chi connectivity index (χ1) is 12.5. The highest BCUT2D eigenvalue weighted by atomic mass is 79.9. The Labute approximate surface area is 163 Å². The Kier molecular flexibility index (Phi) is 5.85. The summed E-state index contributed by atoms with van der Waals surface area (Å²) in [7, 11) is 0. The van der Waals surface area contributed by atoms with E-state index in [0.717, 1.165) is 10.0 Å². The lowest BCUT2D eigenvalue weighted by Crippen LogP contribution is -2.31. The Morgan fingerprint density at radius 2 is 1.73 bits per heavy atom. The van der Waals surface area contributed by atoms with Crippen molar-refractivity contribution in [2.45, 2.75) is 6.54 Å². The first-order valence-electron chi connectivity index (χ1n) is 7.91. The highest BCUT2D eigenvalue weighted by Crippen LogP contribution is 2.18. The minimum Gasteiger partial charge on any atom is -0.350 e. The molecule has 3 aromatic rings. The summed E-state index contributed by atoms with van der Waals surface area (Å²) in [6, 6.07) is 17.4. The predicted octanol–water partition coefficient (Wildman–Crippen LogP) is 3.76. The number of carbonyl (C=O) groups excluding carboxylic acids is 1. The van der Waals surface area contributed by atoms with Crippen LogP contribution in [0.3, 0.4) is 0 Å². The molecule has 26 heavy (non-hydrogen) atoms. The van der Waals surface area contributed by atoms with Gasteiger partial charge in [0.1, 0.15) is 0 Å². The lowest BCUT2D eigenvalue weighted by molar-refractivity contribution is 0.0951. The number of hydrogen-bond donors (Lipinski definition) is 1. The maximum Gasteiger partial charge on any atom is 0.266 e. The van der Waals surface area contributed by atoms with Crippen molar-refractivity contribution >= 4 is 33.4 Å². The Bertz CT molecular complexity index is 969. The van der Waals surface area contributed by atoms with Crippen molar-refractivity contribution in [3.05, 3.63) is 86.1 Å². The third kappa shape index (κ3) is 4.59. The van der Waals surface area contributed by atoms with Gasteiger partial charge in [-0.3, -0.25) is 9.59 Å². The SMILES string of the molecule is O=C(NCCn1nc(-c2ccc(Cl)cc2)ccc1=O)c1ccc(Br)cc1. The highest BCUT2D eigenvalue weighted by molar-refractivity contribution is 9.10. The van der Waals surface area contributed by atoms with Gasteiger partial charge in [-0.15, -0.1) is 0 Å². The molecule has 1 heterocycles. The molecule has 0 spiro atoms. The molecule has 0 aliphatic heterocycles. The number of nitrogens with zero attached hydrogens (tertiary/aromatic N) is 2. The topological polar surface area (TPSA) is 64.0 Å². The zero-order valence-electron chi connectivity index (χ0n) is 13.7. The van der Waals surface area contributed by atoms with E-state index in [1.54, 1.807) is 42.5 Å². The Morgan fingerprint density at radius 3 is 2.42 bits per heavy atom. The second-order valence-corrected chi connectivity index (χ2v) is 6.90. The molecule has 7 heteroatoms. The fourth-order valence-electron chi connectivity index (χ4n) is 2.36. The fourth-order valence-corrected chi connectivity index (χ4v) is 2.75. The van der Waals surface area contributed by atoms with E-state index in [1.165, 1.54) is 10.7 Å². The van der Waals surface area contributed by atoms with Crippen molar-refractivity contribution in [2.24, 2.45) is 0 Å². The predicted molar refractivity (Wildman–Crippen MR) is 105 cm³/mol. The molecule has 3 rings (SSSR count). The van der Waals surface area contributed by atoms with E-state index in [0.29, 0.717) is 22.8 Å². The third-order valence-electron chi connectivity index (χ3n) is 3.72. The molecular formula is C19H15BrClN3O2. The molecule has 0 unspecified atom stereocenters. The number of halogens is 2. The Morgan fingerprint density at radius 1 is 1.04 bits per heavy atom. The van der Waals surface area contributed by atoms with Crippen molar-refractivity contribution in [1.82, 2.24) is 15.1 Å². The van der Waals surface area contributed by atoms with Crippen LogP contribution in [0.25, 0.3) is 11.3 Å². The van der Waals surface area contributed by atoms with Crippen LogP contribution in [0.2, 0.25) is 5.02 Å². The normalized spacial score (nSPS) is 10.5. The van der Waals surface area contributed by atoms with Gasteiger partial charge in [-0.05, 0) is 42.5 Å². The van der Waals surface area contributed by atoms with Crippen LogP contribution in [0.5, 0.6) is 0 Å². The summed E-state index contributed by atoms with van der Waals surface area (Å²) in [5.41, 5.74) is 1.87. The van der Waals surface area contributed by atoms with Gasteiger partial charge in [-0.2, -0.15) is 5.10 Å². The first-order valence-corrected chi connectivity index (χ1v) is 9.08. The molecule has 1 aromatic heterocycles. The Hall–Kier alpha value is -2.44. The average Bonchev–Trinajstić information content (AvgIpc) is 2.64. The number of hydrogen-bond acceptors (Lipinski definition) is 3. The second kappa shape index (κ2) is 8.29. The van der Waals surface area contributed by atoms with Crippen molar-refractivity contribution in [3.8, 4) is 11.3 Å². The van der Waals surface area contributed by atoms with Crippen molar-refractivity contribution in [2.75, 3.05) is 6.54 Å². The van der Waals surface area contributed by atoms with E-state index in [9.17, 15) is 9.59 Å². The quantitative estimate of drug-likeness (QED) is 0.668. The monoisotopic (exact) mass is 431 g/mol. The molecule has 1 amide bonds. The zero-order chi connectivity index (χ0) is 18.5. The molecule has 0 saturated carbocycles. The smallest absolute Gasteiger partial charge is 0.266 e. The first kappa shape index (κ1) is 18.4. The summed E-state index contributed by atoms with van der Waals surface area (Å²) < 4.78 is 2.25. The number of rotatable bonds is 5. The summed E-state index contributed by atoms with van der Waals surface area (Å²) in [4.78, 5) is 24.1. The summed E-state index contributed by atoms with van der Waals surface area (Å²) in [6.45, 7) is 0.578. The van der Waals surface area contributed by atoms with Crippen LogP contribution < -0.4 is 10.9 Å². The van der Waals surface area contributed by atoms with Gasteiger partial charge in [0, 0.05) is 33.2 Å². The summed E-state index contributed by atoms with van der Waals surface area (Å²) >= 11 is 9.22. The molecule has 0 aliphatic carbocycles. The minimum atomic E-state index is -0.222. The van der Waals surface area contributed by atoms with E-state index in [-0.39, 0.29) is 18.0 Å². The van der Waals surface area contributed by atoms with Gasteiger partial charge in [-0.25, -0.2) is 4.68 Å². The van der Waals surface area contributed by atoms with E-state index >= 15 is 0 Å². The van der Waals surface area contributed by atoms with Gasteiger partial charge >= 0.3 is 0 Å². The standard InChI is InChI=1S/C19H15BrClN3O2/c20-15-5-1-14(2-6-15)19(26)22-11-12-24-18(25)10-9-17(23-24)13-3-7-16(21)8-4-13/h1-10H,11-12H2,(H,22,26). The zero-order valence-corrected chi connectivity index (χ0v) is 16.0. The number of benzene rings is 2. The molecule has 0 fully saturated rings. The second-order valence-electron chi connectivity index (χ2n) is 5.55. The molecule has 1 N–H and O–H groups in total. The van der Waals surface area contributed by atoms with Crippen LogP contribution in [0.15, 0.2) is 69.9 Å². The summed E-state index contributed by atoms with van der Waals surface area (Å²) in [6.07, 6.45) is 0. The molecule has 0 aliphatic rings. The van der Waals surface area contributed by atoms with E-state index in [1.807, 2.05) is 12.1 Å². The summed E-state index contributed by atoms with van der Waals surface area (Å²) in [5, 5.41) is 7.78. The van der Waals surface area contributed by atoms with Crippen molar-refractivity contribution < 1.29 is 4.79 Å². The van der Waals surface area contributed by atoms with Gasteiger partial charge in [0.05, 0.1) is 12.2 Å². The fraction of sp³-hybridized carbons (Fsp3) is 0.105. The van der Waals surface area contributed by atoms with Gasteiger partial charge in [0.25, 0.3) is 11.5 Å². The van der Waals surface area contributed by atoms with Crippen LogP contribution >= 0.6 is 27.5 Å². The van der Waals surface area contributed by atoms with Gasteiger partial charge < -0.3 is 5.32 Å². The molecule has 132 valence electrons. The number of aromatic nitrogens is 2. The third-order valence-corrected chi connectivity index (χ3v) is 4.50. The van der Waals surface area contributed by atoms with Crippen molar-refractivity contribution in [3.63, 3.8) is 0 Å². The molecule has 0 radical (unpaired) electrons. The Balaban J connectivity index is 1.67. The molecule has 0 bridgehead atoms. The average molecular weight is 433 g/mol. The van der Waals surface area contributed by atoms with Crippen LogP contribution in [0, 0.1) is 0 Å². The molecule has 2 aromatic carbocycles. The molecule has 0 saturated heterocycles. The maximum absolute atomic E-state index is 12.1. The number of amides is 1. The van der Waals surface area contributed by atoms with Gasteiger partial charge in [0.15, 0.2) is 0 Å². The van der Waals surface area contributed by atoms with E-state index < -0.39 is 0 Å². The largest absolute Gasteiger partial charge is 0.350 e. The lowest BCUT2D eigenvalue weighted by Gasteiger charge is -2.09. The van der Waals surface area contributed by atoms with Gasteiger partial charge in [0.2, 0.25) is 0 Å². The number of carbonyl (C=O) groups is 1. The summed E-state index contributed by atoms with van der Waals surface area (Å²) in [5.74, 6) is -0.195. The molecular weight excluding hydrogens is 418 g/mol. The molecule has 5 nitrogen and oxygen atoms in total. The van der Waals surface area contributed by atoms with Gasteiger partial charge in [-0.1, -0.05) is 39.7 Å².